The van der Waals surface area contributed by atoms with E-state index in [-0.39, 0.29) is 12.4 Å². The van der Waals surface area contributed by atoms with E-state index in [1.165, 1.54) is 7.11 Å². The number of hydrogen-bond donors (Lipinski definition) is 0. The minimum Gasteiger partial charge on any atom is -0.376 e. The van der Waals surface area contributed by atoms with Crippen molar-refractivity contribution in [2.75, 3.05) is 13.7 Å². The summed E-state index contributed by atoms with van der Waals surface area (Å²) >= 11 is 0. The number of ketones is 1. The minimum absolute atomic E-state index is 0.0727. The molecule has 0 saturated carbocycles. The Hall–Kier alpha value is -1.68. The molecule has 1 aromatic carbocycles. The van der Waals surface area contributed by atoms with Crippen LogP contribution < -0.4 is 0 Å². The van der Waals surface area contributed by atoms with E-state index >= 15 is 0 Å². The first kappa shape index (κ1) is 10.8. The molecule has 0 radical (unpaired) electrons. The summed E-state index contributed by atoms with van der Waals surface area (Å²) in [6, 6.07) is 7.74. The Morgan fingerprint density at radius 1 is 1.44 bits per heavy atom. The smallest absolute Gasteiger partial charge is 0.223 e. The van der Waals surface area contributed by atoms with Gasteiger partial charge in [-0.2, -0.15) is 0 Å². The number of carbonyl (C=O) groups is 1. The molecule has 2 rings (SSSR count). The molecule has 0 spiro atoms. The zero-order valence-corrected chi connectivity index (χ0v) is 9.43. The quantitative estimate of drug-likeness (QED) is 0.736. The van der Waals surface area contributed by atoms with E-state index in [9.17, 15) is 4.79 Å². The number of rotatable bonds is 4. The average Bonchev–Trinajstić information content (AvgIpc) is 2.67. The maximum atomic E-state index is 11.8. The number of benzene rings is 1. The number of aromatic nitrogens is 2. The fraction of sp³-hybridized carbons (Fsp3) is 0.333. The largest absolute Gasteiger partial charge is 0.376 e. The highest BCUT2D eigenvalue weighted by Crippen LogP contribution is 2.16. The number of ether oxygens (including phenoxy) is 1. The fourth-order valence-corrected chi connectivity index (χ4v) is 1.80. The van der Waals surface area contributed by atoms with Gasteiger partial charge in [-0.3, -0.25) is 4.79 Å². The molecule has 2 aromatic rings. The fourth-order valence-electron chi connectivity index (χ4n) is 1.80. The number of nitrogens with zero attached hydrogens (tertiary/aromatic N) is 2. The van der Waals surface area contributed by atoms with Gasteiger partial charge in [0.25, 0.3) is 0 Å². The topological polar surface area (TPSA) is 44.1 Å². The van der Waals surface area contributed by atoms with Crippen LogP contribution in [0, 0.1) is 0 Å². The standard InChI is InChI=1S/C12H14N2O2/c1-3-14-10-7-5-4-6-9(10)13-12(14)11(15)8-16-2/h4-7H,3,8H2,1-2H3. The predicted octanol–water partition coefficient (Wildman–Crippen LogP) is 1.89. The molecule has 0 aliphatic rings. The van der Waals surface area contributed by atoms with Crippen molar-refractivity contribution in [3.63, 3.8) is 0 Å². The normalized spacial score (nSPS) is 10.9. The molecule has 1 heterocycles. The van der Waals surface area contributed by atoms with Gasteiger partial charge in [0, 0.05) is 13.7 Å². The van der Waals surface area contributed by atoms with Crippen molar-refractivity contribution < 1.29 is 9.53 Å². The summed E-state index contributed by atoms with van der Waals surface area (Å²) in [7, 11) is 1.51. The zero-order valence-electron chi connectivity index (χ0n) is 9.43. The molecule has 0 aliphatic heterocycles. The van der Waals surface area contributed by atoms with E-state index in [4.69, 9.17) is 4.74 Å². The number of para-hydroxylation sites is 2. The molecule has 1 aromatic heterocycles. The van der Waals surface area contributed by atoms with E-state index in [0.29, 0.717) is 5.82 Å². The number of Topliss-reactive ketones (excluding diaryl/α,β-unsaturated/α-hetero) is 1. The van der Waals surface area contributed by atoms with Gasteiger partial charge >= 0.3 is 0 Å². The van der Waals surface area contributed by atoms with E-state index < -0.39 is 0 Å². The number of carbonyl (C=O) groups excluding carboxylic acids is 1. The van der Waals surface area contributed by atoms with Gasteiger partial charge in [-0.05, 0) is 19.1 Å². The van der Waals surface area contributed by atoms with Crippen LogP contribution in [0.1, 0.15) is 17.5 Å². The highest BCUT2D eigenvalue weighted by Gasteiger charge is 2.15. The molecule has 0 bridgehead atoms. The Morgan fingerprint density at radius 2 is 2.19 bits per heavy atom. The number of aryl methyl sites for hydroxylation is 1. The first-order chi connectivity index (χ1) is 7.77. The van der Waals surface area contributed by atoms with Crippen LogP contribution >= 0.6 is 0 Å². The molecule has 0 saturated heterocycles. The Labute approximate surface area is 93.9 Å². The molecule has 0 fully saturated rings. The molecule has 0 amide bonds. The summed E-state index contributed by atoms with van der Waals surface area (Å²) in [4.78, 5) is 16.1. The van der Waals surface area contributed by atoms with Crippen molar-refractivity contribution >= 4 is 16.8 Å². The highest BCUT2D eigenvalue weighted by atomic mass is 16.5. The minimum atomic E-state index is -0.0828. The third-order valence-corrected chi connectivity index (χ3v) is 2.50. The van der Waals surface area contributed by atoms with Crippen molar-refractivity contribution in [2.24, 2.45) is 0 Å². The lowest BCUT2D eigenvalue weighted by atomic mass is 10.3. The first-order valence-corrected chi connectivity index (χ1v) is 5.25. The average molecular weight is 218 g/mol. The van der Waals surface area contributed by atoms with Gasteiger partial charge in [-0.15, -0.1) is 0 Å². The van der Waals surface area contributed by atoms with Crippen LogP contribution in [-0.4, -0.2) is 29.1 Å². The molecule has 0 unspecified atom stereocenters. The van der Waals surface area contributed by atoms with Crippen LogP contribution in [0.5, 0.6) is 0 Å². The van der Waals surface area contributed by atoms with E-state index in [1.807, 2.05) is 35.8 Å². The van der Waals surface area contributed by atoms with Gasteiger partial charge in [-0.25, -0.2) is 4.98 Å². The van der Waals surface area contributed by atoms with Crippen molar-refractivity contribution in [1.82, 2.24) is 9.55 Å². The number of methoxy groups -OCH3 is 1. The predicted molar refractivity (Wildman–Crippen MR) is 61.6 cm³/mol. The van der Waals surface area contributed by atoms with E-state index in [0.717, 1.165) is 17.6 Å². The summed E-state index contributed by atoms with van der Waals surface area (Å²) in [5.74, 6) is 0.395. The molecule has 84 valence electrons. The van der Waals surface area contributed by atoms with Crippen LogP contribution in [0.25, 0.3) is 11.0 Å². The maximum Gasteiger partial charge on any atom is 0.223 e. The summed E-state index contributed by atoms with van der Waals surface area (Å²) < 4.78 is 6.76. The van der Waals surface area contributed by atoms with Gasteiger partial charge in [0.05, 0.1) is 11.0 Å². The summed E-state index contributed by atoms with van der Waals surface area (Å²) in [6.07, 6.45) is 0. The summed E-state index contributed by atoms with van der Waals surface area (Å²) in [5.41, 5.74) is 1.84. The van der Waals surface area contributed by atoms with Crippen molar-refractivity contribution in [2.45, 2.75) is 13.5 Å². The van der Waals surface area contributed by atoms with Crippen molar-refractivity contribution in [3.05, 3.63) is 30.1 Å². The van der Waals surface area contributed by atoms with Gasteiger partial charge in [0.15, 0.2) is 5.82 Å². The second-order valence-electron chi connectivity index (χ2n) is 3.52. The van der Waals surface area contributed by atoms with Gasteiger partial charge in [-0.1, -0.05) is 12.1 Å². The van der Waals surface area contributed by atoms with E-state index in [2.05, 4.69) is 4.98 Å². The van der Waals surface area contributed by atoms with Crippen LogP contribution in [0.3, 0.4) is 0 Å². The SMILES string of the molecule is CCn1c(C(=O)COC)nc2ccccc21. The molecular weight excluding hydrogens is 204 g/mol. The Morgan fingerprint density at radius 3 is 2.88 bits per heavy atom. The Kier molecular flexibility index (Phi) is 3.01. The summed E-state index contributed by atoms with van der Waals surface area (Å²) in [5, 5.41) is 0. The summed E-state index contributed by atoms with van der Waals surface area (Å²) in [6.45, 7) is 2.80. The molecule has 0 aliphatic carbocycles. The van der Waals surface area contributed by atoms with Gasteiger partial charge in [0.1, 0.15) is 6.61 Å². The van der Waals surface area contributed by atoms with Gasteiger partial charge in [0.2, 0.25) is 5.78 Å². The van der Waals surface area contributed by atoms with Crippen molar-refractivity contribution in [1.29, 1.82) is 0 Å². The number of fused-ring (bicyclic) bond motifs is 1. The molecule has 0 atom stereocenters. The van der Waals surface area contributed by atoms with Crippen molar-refractivity contribution in [3.8, 4) is 0 Å². The third kappa shape index (κ3) is 1.72. The lowest BCUT2D eigenvalue weighted by molar-refractivity contribution is 0.0833. The van der Waals surface area contributed by atoms with Crippen LogP contribution in [0.4, 0.5) is 0 Å². The van der Waals surface area contributed by atoms with Crippen LogP contribution in [0.15, 0.2) is 24.3 Å². The highest BCUT2D eigenvalue weighted by molar-refractivity contribution is 5.97. The number of imidazole rings is 1. The molecule has 4 heteroatoms. The lowest BCUT2D eigenvalue weighted by Gasteiger charge is -2.04. The first-order valence-electron chi connectivity index (χ1n) is 5.25. The monoisotopic (exact) mass is 218 g/mol. The zero-order chi connectivity index (χ0) is 11.5. The Bertz CT molecular complexity index is 517. The molecule has 4 nitrogen and oxygen atoms in total. The maximum absolute atomic E-state index is 11.8. The Balaban J connectivity index is 2.56. The third-order valence-electron chi connectivity index (χ3n) is 2.50. The second-order valence-corrected chi connectivity index (χ2v) is 3.52. The van der Waals surface area contributed by atoms with E-state index in [1.54, 1.807) is 0 Å². The second kappa shape index (κ2) is 4.45. The van der Waals surface area contributed by atoms with Gasteiger partial charge < -0.3 is 9.30 Å². The number of hydrogen-bond acceptors (Lipinski definition) is 3. The lowest BCUT2D eigenvalue weighted by Crippen LogP contribution is -2.14. The molecule has 0 N–H and O–H groups in total. The van der Waals surface area contributed by atoms with Crippen LogP contribution in [-0.2, 0) is 11.3 Å². The molecule has 16 heavy (non-hydrogen) atoms. The molecular formula is C12H14N2O2. The van der Waals surface area contributed by atoms with Crippen LogP contribution in [0.2, 0.25) is 0 Å².